The summed E-state index contributed by atoms with van der Waals surface area (Å²) >= 11 is 0. The fourth-order valence-electron chi connectivity index (χ4n) is 2.06. The molecule has 1 atom stereocenters. The van der Waals surface area contributed by atoms with E-state index in [4.69, 9.17) is 5.73 Å². The maximum absolute atomic E-state index is 6.19. The minimum atomic E-state index is 0.0281. The first-order chi connectivity index (χ1) is 8.08. The van der Waals surface area contributed by atoms with Gasteiger partial charge in [0.1, 0.15) is 5.82 Å². The van der Waals surface area contributed by atoms with E-state index in [9.17, 15) is 0 Å². The van der Waals surface area contributed by atoms with Crippen molar-refractivity contribution in [1.82, 2.24) is 19.3 Å². The smallest absolute Gasteiger partial charge is 0.108 e. The number of hydrogen-bond donors (Lipinski definition) is 1. The monoisotopic (exact) mass is 233 g/mol. The maximum atomic E-state index is 6.19. The Balaban J connectivity index is 2.00. The third-order valence-corrected chi connectivity index (χ3v) is 3.05. The van der Waals surface area contributed by atoms with Gasteiger partial charge in [0, 0.05) is 50.7 Å². The molecule has 0 aromatic carbocycles. The van der Waals surface area contributed by atoms with Gasteiger partial charge in [-0.2, -0.15) is 5.10 Å². The van der Waals surface area contributed by atoms with Crippen LogP contribution in [0.15, 0.2) is 18.6 Å². The van der Waals surface area contributed by atoms with E-state index in [2.05, 4.69) is 10.1 Å². The molecule has 1 unspecified atom stereocenters. The van der Waals surface area contributed by atoms with Gasteiger partial charge < -0.3 is 10.3 Å². The molecule has 0 aliphatic carbocycles. The second-order valence-electron chi connectivity index (χ2n) is 4.44. The molecule has 0 radical (unpaired) electrons. The molecule has 0 aliphatic rings. The van der Waals surface area contributed by atoms with Gasteiger partial charge in [-0.15, -0.1) is 0 Å². The summed E-state index contributed by atoms with van der Waals surface area (Å²) in [4.78, 5) is 4.30. The highest BCUT2D eigenvalue weighted by atomic mass is 15.2. The summed E-state index contributed by atoms with van der Waals surface area (Å²) in [5.41, 5.74) is 8.33. The van der Waals surface area contributed by atoms with E-state index in [0.717, 1.165) is 29.9 Å². The van der Waals surface area contributed by atoms with Gasteiger partial charge in [-0.25, -0.2) is 4.98 Å². The van der Waals surface area contributed by atoms with Crippen LogP contribution in [-0.4, -0.2) is 19.3 Å². The number of aryl methyl sites for hydroxylation is 4. The van der Waals surface area contributed by atoms with Crippen LogP contribution in [-0.2, 0) is 20.5 Å². The summed E-state index contributed by atoms with van der Waals surface area (Å²) in [6.07, 6.45) is 7.54. The largest absolute Gasteiger partial charge is 0.338 e. The Labute approximate surface area is 101 Å². The zero-order chi connectivity index (χ0) is 12.4. The van der Waals surface area contributed by atoms with Crippen molar-refractivity contribution >= 4 is 0 Å². The van der Waals surface area contributed by atoms with Gasteiger partial charge in [-0.05, 0) is 13.3 Å². The highest BCUT2D eigenvalue weighted by molar-refractivity contribution is 5.19. The normalized spacial score (nSPS) is 12.9. The lowest BCUT2D eigenvalue weighted by molar-refractivity contribution is 0.618. The van der Waals surface area contributed by atoms with Crippen LogP contribution >= 0.6 is 0 Å². The molecule has 2 N–H and O–H groups in total. The Morgan fingerprint density at radius 2 is 2.18 bits per heavy atom. The van der Waals surface area contributed by atoms with E-state index in [1.807, 2.05) is 48.9 Å². The topological polar surface area (TPSA) is 61.7 Å². The summed E-state index contributed by atoms with van der Waals surface area (Å²) in [6, 6.07) is 0.0281. The van der Waals surface area contributed by atoms with E-state index >= 15 is 0 Å². The van der Waals surface area contributed by atoms with E-state index < -0.39 is 0 Å². The second kappa shape index (κ2) is 4.71. The molecule has 0 fully saturated rings. The van der Waals surface area contributed by atoms with Crippen LogP contribution in [0.4, 0.5) is 0 Å². The number of nitrogens with zero attached hydrogens (tertiary/aromatic N) is 4. The van der Waals surface area contributed by atoms with Gasteiger partial charge in [-0.3, -0.25) is 4.68 Å². The quantitative estimate of drug-likeness (QED) is 0.860. The van der Waals surface area contributed by atoms with Gasteiger partial charge in [0.2, 0.25) is 0 Å². The third kappa shape index (κ3) is 2.55. The van der Waals surface area contributed by atoms with Crippen molar-refractivity contribution in [3.8, 4) is 0 Å². The molecular formula is C12H19N5. The summed E-state index contributed by atoms with van der Waals surface area (Å²) in [5.74, 6) is 1.07. The predicted molar refractivity (Wildman–Crippen MR) is 66.4 cm³/mol. The van der Waals surface area contributed by atoms with Crippen LogP contribution in [0, 0.1) is 6.92 Å². The highest BCUT2D eigenvalue weighted by Crippen LogP contribution is 2.18. The third-order valence-electron chi connectivity index (χ3n) is 3.05. The first kappa shape index (κ1) is 11.9. The van der Waals surface area contributed by atoms with Gasteiger partial charge >= 0.3 is 0 Å². The van der Waals surface area contributed by atoms with Crippen LogP contribution in [0.25, 0.3) is 0 Å². The molecule has 0 amide bonds. The molecule has 0 bridgehead atoms. The standard InChI is InChI=1S/C12H19N5/c1-9-10(8-17(3)15-9)11(13)4-5-12-14-6-7-16(12)2/h6-8,11H,4-5,13H2,1-3H3. The Bertz CT molecular complexity index is 497. The fraction of sp³-hybridized carbons (Fsp3) is 0.500. The minimum Gasteiger partial charge on any atom is -0.338 e. The molecule has 5 heteroatoms. The van der Waals surface area contributed by atoms with Crippen molar-refractivity contribution in [2.45, 2.75) is 25.8 Å². The van der Waals surface area contributed by atoms with Gasteiger partial charge in [0.25, 0.3) is 0 Å². The highest BCUT2D eigenvalue weighted by Gasteiger charge is 2.13. The first-order valence-corrected chi connectivity index (χ1v) is 5.80. The number of hydrogen-bond acceptors (Lipinski definition) is 3. The lowest BCUT2D eigenvalue weighted by atomic mass is 10.0. The molecule has 92 valence electrons. The summed E-state index contributed by atoms with van der Waals surface area (Å²) in [6.45, 7) is 2.00. The fourth-order valence-corrected chi connectivity index (χ4v) is 2.06. The maximum Gasteiger partial charge on any atom is 0.108 e. The van der Waals surface area contributed by atoms with Crippen molar-refractivity contribution in [1.29, 1.82) is 0 Å². The Hall–Kier alpha value is -1.62. The van der Waals surface area contributed by atoms with Crippen molar-refractivity contribution in [3.05, 3.63) is 35.7 Å². The van der Waals surface area contributed by atoms with Crippen LogP contribution < -0.4 is 5.73 Å². The molecule has 0 saturated carbocycles. The van der Waals surface area contributed by atoms with E-state index in [1.54, 1.807) is 0 Å². The number of imidazole rings is 1. The molecule has 5 nitrogen and oxygen atoms in total. The van der Waals surface area contributed by atoms with Crippen LogP contribution in [0.2, 0.25) is 0 Å². The number of aromatic nitrogens is 4. The van der Waals surface area contributed by atoms with Crippen LogP contribution in [0.1, 0.15) is 29.5 Å². The van der Waals surface area contributed by atoms with Crippen molar-refractivity contribution < 1.29 is 0 Å². The van der Waals surface area contributed by atoms with Crippen LogP contribution in [0.3, 0.4) is 0 Å². The molecule has 2 rings (SSSR count). The minimum absolute atomic E-state index is 0.0281. The van der Waals surface area contributed by atoms with Crippen molar-refractivity contribution in [2.24, 2.45) is 19.8 Å². The molecule has 2 aromatic rings. The second-order valence-corrected chi connectivity index (χ2v) is 4.44. The summed E-state index contributed by atoms with van der Waals surface area (Å²) in [5, 5.41) is 4.31. The molecule has 0 saturated heterocycles. The van der Waals surface area contributed by atoms with Gasteiger partial charge in [0.05, 0.1) is 5.69 Å². The lowest BCUT2D eigenvalue weighted by Crippen LogP contribution is -2.13. The van der Waals surface area contributed by atoms with Crippen LogP contribution in [0.5, 0.6) is 0 Å². The predicted octanol–water partition coefficient (Wildman–Crippen LogP) is 1.09. The average molecular weight is 233 g/mol. The molecular weight excluding hydrogens is 214 g/mol. The Morgan fingerprint density at radius 1 is 1.41 bits per heavy atom. The molecule has 0 spiro atoms. The lowest BCUT2D eigenvalue weighted by Gasteiger charge is -2.10. The molecule has 2 aromatic heterocycles. The Morgan fingerprint density at radius 3 is 2.71 bits per heavy atom. The number of rotatable bonds is 4. The molecule has 17 heavy (non-hydrogen) atoms. The van der Waals surface area contributed by atoms with Crippen molar-refractivity contribution in [2.75, 3.05) is 0 Å². The van der Waals surface area contributed by atoms with Gasteiger partial charge in [0.15, 0.2) is 0 Å². The summed E-state index contributed by atoms with van der Waals surface area (Å²) in [7, 11) is 3.92. The molecule has 0 aliphatic heterocycles. The van der Waals surface area contributed by atoms with E-state index in [-0.39, 0.29) is 6.04 Å². The van der Waals surface area contributed by atoms with Crippen molar-refractivity contribution in [3.63, 3.8) is 0 Å². The Kier molecular flexibility index (Phi) is 3.28. The van der Waals surface area contributed by atoms with Gasteiger partial charge in [-0.1, -0.05) is 0 Å². The summed E-state index contributed by atoms with van der Waals surface area (Å²) < 4.78 is 3.84. The SMILES string of the molecule is Cc1nn(C)cc1C(N)CCc1nccn1C. The van der Waals surface area contributed by atoms with E-state index in [1.165, 1.54) is 0 Å². The zero-order valence-electron chi connectivity index (χ0n) is 10.6. The zero-order valence-corrected chi connectivity index (χ0v) is 10.6. The number of nitrogens with two attached hydrogens (primary N) is 1. The average Bonchev–Trinajstić information content (AvgIpc) is 2.81. The molecule has 2 heterocycles. The first-order valence-electron chi connectivity index (χ1n) is 5.80. The van der Waals surface area contributed by atoms with E-state index in [0.29, 0.717) is 0 Å².